The number of halogens is 3. The fraction of sp³-hybridized carbons (Fsp3) is 0.333. The molecule has 0 heterocycles. The summed E-state index contributed by atoms with van der Waals surface area (Å²) in [6.45, 7) is 0.306. The normalized spacial score (nSPS) is 19.4. The minimum Gasteiger partial charge on any atom is -0.352 e. The molecule has 3 aromatic carbocycles. The van der Waals surface area contributed by atoms with Crippen molar-refractivity contribution in [2.75, 3.05) is 20.6 Å². The molecule has 1 aliphatic rings. The predicted molar refractivity (Wildman–Crippen MR) is 147 cm³/mol. The first-order valence-corrected chi connectivity index (χ1v) is 13.5. The van der Waals surface area contributed by atoms with Gasteiger partial charge in [-0.1, -0.05) is 52.3 Å². The van der Waals surface area contributed by atoms with Crippen LogP contribution in [0.5, 0.6) is 0 Å². The second-order valence-electron chi connectivity index (χ2n) is 10.1. The lowest BCUT2D eigenvalue weighted by Crippen LogP contribution is -2.46. The van der Waals surface area contributed by atoms with Gasteiger partial charge in [-0.25, -0.2) is 8.78 Å². The molecule has 0 radical (unpaired) electrons. The van der Waals surface area contributed by atoms with Crippen LogP contribution in [0.15, 0.2) is 77.3 Å². The van der Waals surface area contributed by atoms with Crippen molar-refractivity contribution in [3.05, 3.63) is 106 Å². The standard InChI is InChI=1S/C30H32BrF2N3O2/c1-36(2)18-28(37)34-25-15-16-26(27(17-25)19-3-9-22(31)10-4-19)30(38)35-29(20-5-11-23(32)12-6-20)21-7-13-24(33)14-8-21/h3-14,25-27,29H,15-18H2,1-2H3,(H,34,37)(H,35,38)/t25-,26-,27+/m1/s1. The zero-order valence-electron chi connectivity index (χ0n) is 21.5. The lowest BCUT2D eigenvalue weighted by atomic mass is 9.73. The van der Waals surface area contributed by atoms with E-state index in [2.05, 4.69) is 26.6 Å². The van der Waals surface area contributed by atoms with Gasteiger partial charge in [-0.05, 0) is 92.4 Å². The largest absolute Gasteiger partial charge is 0.352 e. The molecule has 1 saturated carbocycles. The van der Waals surface area contributed by atoms with Crippen molar-refractivity contribution in [2.45, 2.75) is 37.3 Å². The summed E-state index contributed by atoms with van der Waals surface area (Å²) in [5.74, 6) is -1.35. The van der Waals surface area contributed by atoms with Crippen molar-refractivity contribution in [1.82, 2.24) is 15.5 Å². The quantitative estimate of drug-likeness (QED) is 0.365. The van der Waals surface area contributed by atoms with E-state index in [1.54, 1.807) is 24.3 Å². The van der Waals surface area contributed by atoms with Crippen LogP contribution in [0.2, 0.25) is 0 Å². The summed E-state index contributed by atoms with van der Waals surface area (Å²) in [4.78, 5) is 28.1. The summed E-state index contributed by atoms with van der Waals surface area (Å²) >= 11 is 3.48. The van der Waals surface area contributed by atoms with Crippen molar-refractivity contribution in [3.8, 4) is 0 Å². The number of rotatable bonds is 8. The molecule has 0 saturated heterocycles. The fourth-order valence-electron chi connectivity index (χ4n) is 5.17. The molecule has 3 atom stereocenters. The van der Waals surface area contributed by atoms with Gasteiger partial charge in [0.05, 0.1) is 12.6 Å². The molecule has 0 bridgehead atoms. The van der Waals surface area contributed by atoms with Gasteiger partial charge in [-0.3, -0.25) is 9.59 Å². The van der Waals surface area contributed by atoms with Crippen molar-refractivity contribution in [2.24, 2.45) is 5.92 Å². The lowest BCUT2D eigenvalue weighted by molar-refractivity contribution is -0.127. The van der Waals surface area contributed by atoms with Gasteiger partial charge in [0.25, 0.3) is 0 Å². The number of benzene rings is 3. The van der Waals surface area contributed by atoms with Gasteiger partial charge in [-0.2, -0.15) is 0 Å². The van der Waals surface area contributed by atoms with Crippen LogP contribution in [0.4, 0.5) is 8.78 Å². The van der Waals surface area contributed by atoms with Crippen molar-refractivity contribution >= 4 is 27.7 Å². The highest BCUT2D eigenvalue weighted by Gasteiger charge is 2.37. The molecule has 2 N–H and O–H groups in total. The van der Waals surface area contributed by atoms with Crippen LogP contribution in [0, 0.1) is 17.6 Å². The number of carbonyl (C=O) groups is 2. The third kappa shape index (κ3) is 7.26. The van der Waals surface area contributed by atoms with Crippen LogP contribution < -0.4 is 10.6 Å². The number of nitrogens with zero attached hydrogens (tertiary/aromatic N) is 1. The molecule has 0 aromatic heterocycles. The van der Waals surface area contributed by atoms with E-state index in [1.165, 1.54) is 24.3 Å². The lowest BCUT2D eigenvalue weighted by Gasteiger charge is -2.37. The minimum absolute atomic E-state index is 0.0369. The summed E-state index contributed by atoms with van der Waals surface area (Å²) in [5.41, 5.74) is 2.44. The smallest absolute Gasteiger partial charge is 0.234 e. The molecule has 5 nitrogen and oxygen atoms in total. The molecule has 0 spiro atoms. The number of amides is 2. The molecule has 1 aliphatic carbocycles. The van der Waals surface area contributed by atoms with Crippen LogP contribution in [0.3, 0.4) is 0 Å². The molecule has 200 valence electrons. The molecule has 2 amide bonds. The molecule has 0 unspecified atom stereocenters. The van der Waals surface area contributed by atoms with Gasteiger partial charge in [0.15, 0.2) is 0 Å². The molecule has 38 heavy (non-hydrogen) atoms. The second kappa shape index (κ2) is 12.6. The van der Waals surface area contributed by atoms with Crippen molar-refractivity contribution < 1.29 is 18.4 Å². The molecule has 4 rings (SSSR count). The predicted octanol–water partition coefficient (Wildman–Crippen LogP) is 5.56. The van der Waals surface area contributed by atoms with Crippen LogP contribution in [-0.2, 0) is 9.59 Å². The topological polar surface area (TPSA) is 61.4 Å². The number of hydrogen-bond acceptors (Lipinski definition) is 3. The van der Waals surface area contributed by atoms with Crippen LogP contribution in [-0.4, -0.2) is 43.4 Å². The molecule has 0 aliphatic heterocycles. The Morgan fingerprint density at radius 2 is 1.45 bits per heavy atom. The zero-order chi connectivity index (χ0) is 27.2. The summed E-state index contributed by atoms with van der Waals surface area (Å²) in [6, 6.07) is 19.3. The molecule has 1 fully saturated rings. The first-order chi connectivity index (χ1) is 18.2. The summed E-state index contributed by atoms with van der Waals surface area (Å²) in [7, 11) is 3.70. The Kier molecular flexibility index (Phi) is 9.28. The van der Waals surface area contributed by atoms with Gasteiger partial charge in [0.2, 0.25) is 11.8 Å². The SMILES string of the molecule is CN(C)CC(=O)N[C@@H]1CC[C@@H](C(=O)NC(c2ccc(F)cc2)c2ccc(F)cc2)[C@H](c2ccc(Br)cc2)C1. The van der Waals surface area contributed by atoms with Gasteiger partial charge in [0, 0.05) is 16.4 Å². The molecule has 3 aromatic rings. The highest BCUT2D eigenvalue weighted by molar-refractivity contribution is 9.10. The van der Waals surface area contributed by atoms with E-state index in [4.69, 9.17) is 0 Å². The van der Waals surface area contributed by atoms with Gasteiger partial charge in [-0.15, -0.1) is 0 Å². The Morgan fingerprint density at radius 3 is 1.97 bits per heavy atom. The van der Waals surface area contributed by atoms with E-state index < -0.39 is 6.04 Å². The average Bonchev–Trinajstić information content (AvgIpc) is 2.88. The Labute approximate surface area is 230 Å². The third-order valence-corrected chi connectivity index (χ3v) is 7.53. The first kappa shape index (κ1) is 27.9. The van der Waals surface area contributed by atoms with Gasteiger partial charge >= 0.3 is 0 Å². The van der Waals surface area contributed by atoms with Gasteiger partial charge in [0.1, 0.15) is 11.6 Å². The van der Waals surface area contributed by atoms with E-state index in [9.17, 15) is 18.4 Å². The number of hydrogen-bond donors (Lipinski definition) is 2. The van der Waals surface area contributed by atoms with E-state index in [1.807, 2.05) is 43.3 Å². The third-order valence-electron chi connectivity index (χ3n) is 7.00. The summed E-state index contributed by atoms with van der Waals surface area (Å²) in [5, 5.41) is 6.30. The van der Waals surface area contributed by atoms with Crippen LogP contribution >= 0.6 is 15.9 Å². The Balaban J connectivity index is 1.59. The maximum Gasteiger partial charge on any atom is 0.234 e. The molecular formula is C30H32BrF2N3O2. The average molecular weight is 585 g/mol. The highest BCUT2D eigenvalue weighted by atomic mass is 79.9. The van der Waals surface area contributed by atoms with Crippen molar-refractivity contribution in [1.29, 1.82) is 0 Å². The number of nitrogens with one attached hydrogen (secondary N) is 2. The number of likely N-dealkylation sites (N-methyl/N-ethyl adjacent to an activating group) is 1. The Hall–Kier alpha value is -3.10. The van der Waals surface area contributed by atoms with Gasteiger partial charge < -0.3 is 15.5 Å². The monoisotopic (exact) mass is 583 g/mol. The fourth-order valence-corrected chi connectivity index (χ4v) is 5.44. The van der Waals surface area contributed by atoms with E-state index in [-0.39, 0.29) is 41.3 Å². The van der Waals surface area contributed by atoms with Crippen LogP contribution in [0.1, 0.15) is 47.9 Å². The highest BCUT2D eigenvalue weighted by Crippen LogP contribution is 2.39. The maximum absolute atomic E-state index is 13.9. The Morgan fingerprint density at radius 1 is 0.895 bits per heavy atom. The first-order valence-electron chi connectivity index (χ1n) is 12.7. The molecule has 8 heteroatoms. The zero-order valence-corrected chi connectivity index (χ0v) is 23.0. The minimum atomic E-state index is -0.563. The summed E-state index contributed by atoms with van der Waals surface area (Å²) in [6.07, 6.45) is 1.91. The van der Waals surface area contributed by atoms with Crippen LogP contribution in [0.25, 0.3) is 0 Å². The number of carbonyl (C=O) groups excluding carboxylic acids is 2. The van der Waals surface area contributed by atoms with E-state index >= 15 is 0 Å². The van der Waals surface area contributed by atoms with Crippen molar-refractivity contribution in [3.63, 3.8) is 0 Å². The Bertz CT molecular complexity index is 1190. The summed E-state index contributed by atoms with van der Waals surface area (Å²) < 4.78 is 28.2. The maximum atomic E-state index is 13.9. The second-order valence-corrected chi connectivity index (χ2v) is 11.0. The molecular weight excluding hydrogens is 552 g/mol. The van der Waals surface area contributed by atoms with E-state index in [0.717, 1.165) is 10.0 Å². The van der Waals surface area contributed by atoms with E-state index in [0.29, 0.717) is 36.9 Å².